The molecule has 1 saturated heterocycles. The summed E-state index contributed by atoms with van der Waals surface area (Å²) >= 11 is 1.62. The van der Waals surface area contributed by atoms with Gasteiger partial charge in [-0.1, -0.05) is 11.8 Å². The van der Waals surface area contributed by atoms with Gasteiger partial charge in [0.1, 0.15) is 0 Å². The normalized spacial score (nSPS) is 19.9. The molecule has 0 unspecified atom stereocenters. The van der Waals surface area contributed by atoms with E-state index in [1.807, 2.05) is 12.4 Å². The topological polar surface area (TPSA) is 55.2 Å². The number of amides is 2. The molecule has 2 fully saturated rings. The predicted molar refractivity (Wildman–Crippen MR) is 67.2 cm³/mol. The van der Waals surface area contributed by atoms with Crippen LogP contribution in [0.4, 0.5) is 0 Å². The van der Waals surface area contributed by atoms with Gasteiger partial charge in [-0.3, -0.25) is 14.5 Å². The fourth-order valence-electron chi connectivity index (χ4n) is 2.14. The monoisotopic (exact) mass is 265 g/mol. The van der Waals surface area contributed by atoms with Crippen LogP contribution in [0.1, 0.15) is 31.7 Å². The predicted octanol–water partition coefficient (Wildman–Crippen LogP) is 1.46. The molecule has 2 heterocycles. The Hall–Kier alpha value is -1.30. The Morgan fingerprint density at radius 3 is 2.67 bits per heavy atom. The fourth-order valence-corrected chi connectivity index (χ4v) is 3.09. The summed E-state index contributed by atoms with van der Waals surface area (Å²) in [4.78, 5) is 28.6. The molecule has 1 aromatic heterocycles. The van der Waals surface area contributed by atoms with E-state index in [0.29, 0.717) is 25.4 Å². The summed E-state index contributed by atoms with van der Waals surface area (Å²) in [5, 5.41) is 0.997. The smallest absolute Gasteiger partial charge is 0.229 e. The van der Waals surface area contributed by atoms with Crippen molar-refractivity contribution in [2.45, 2.75) is 36.9 Å². The molecular formula is C12H15N3O2S. The highest BCUT2D eigenvalue weighted by atomic mass is 32.2. The molecule has 18 heavy (non-hydrogen) atoms. The molecule has 0 bridgehead atoms. The zero-order valence-electron chi connectivity index (χ0n) is 10.0. The molecule has 2 amide bonds. The third-order valence-corrected chi connectivity index (χ3v) is 4.24. The lowest BCUT2D eigenvalue weighted by atomic mass is 10.4. The van der Waals surface area contributed by atoms with E-state index < -0.39 is 0 Å². The van der Waals surface area contributed by atoms with Crippen LogP contribution < -0.4 is 0 Å². The number of rotatable bonds is 5. The van der Waals surface area contributed by atoms with Crippen LogP contribution in [0.15, 0.2) is 17.6 Å². The van der Waals surface area contributed by atoms with E-state index in [1.54, 1.807) is 11.8 Å². The average molecular weight is 265 g/mol. The highest BCUT2D eigenvalue weighted by molar-refractivity contribution is 7.99. The Balaban J connectivity index is 1.53. The van der Waals surface area contributed by atoms with Gasteiger partial charge in [-0.15, -0.1) is 0 Å². The number of carbonyl (C=O) groups excluding carboxylic acids is 2. The van der Waals surface area contributed by atoms with Crippen molar-refractivity contribution in [1.29, 1.82) is 0 Å². The van der Waals surface area contributed by atoms with Gasteiger partial charge in [-0.2, -0.15) is 0 Å². The number of aromatic nitrogens is 2. The van der Waals surface area contributed by atoms with Crippen LogP contribution in [0.5, 0.6) is 0 Å². The van der Waals surface area contributed by atoms with E-state index in [9.17, 15) is 9.59 Å². The molecule has 0 aromatic carbocycles. The van der Waals surface area contributed by atoms with Crippen LogP contribution in [0.25, 0.3) is 0 Å². The summed E-state index contributed by atoms with van der Waals surface area (Å²) in [7, 11) is 0. The van der Waals surface area contributed by atoms with E-state index in [0.717, 1.165) is 10.9 Å². The van der Waals surface area contributed by atoms with Crippen LogP contribution in [0.3, 0.4) is 0 Å². The summed E-state index contributed by atoms with van der Waals surface area (Å²) in [6.45, 7) is 0.500. The first-order chi connectivity index (χ1) is 8.75. The van der Waals surface area contributed by atoms with Crippen molar-refractivity contribution in [2.75, 3.05) is 12.3 Å². The van der Waals surface area contributed by atoms with E-state index in [4.69, 9.17) is 0 Å². The first-order valence-electron chi connectivity index (χ1n) is 6.24. The number of carbonyl (C=O) groups is 2. The number of hydrogen-bond acceptors (Lipinski definition) is 4. The first-order valence-corrected chi connectivity index (χ1v) is 7.23. The Morgan fingerprint density at radius 1 is 1.28 bits per heavy atom. The molecule has 0 radical (unpaired) electrons. The number of hydrogen-bond donors (Lipinski definition) is 0. The van der Waals surface area contributed by atoms with Gasteiger partial charge in [0.05, 0.1) is 0 Å². The van der Waals surface area contributed by atoms with Gasteiger partial charge in [-0.05, 0) is 12.8 Å². The summed E-state index contributed by atoms with van der Waals surface area (Å²) in [5.41, 5.74) is 0. The molecule has 2 aliphatic rings. The van der Waals surface area contributed by atoms with Crippen molar-refractivity contribution < 1.29 is 9.59 Å². The molecule has 3 rings (SSSR count). The van der Waals surface area contributed by atoms with Crippen molar-refractivity contribution in [3.05, 3.63) is 12.4 Å². The quantitative estimate of drug-likeness (QED) is 0.597. The minimum absolute atomic E-state index is 0.0360. The van der Waals surface area contributed by atoms with Crippen LogP contribution in [0, 0.1) is 0 Å². The number of imidazole rings is 1. The van der Waals surface area contributed by atoms with E-state index >= 15 is 0 Å². The Morgan fingerprint density at radius 2 is 2.00 bits per heavy atom. The minimum atomic E-state index is -0.0360. The van der Waals surface area contributed by atoms with Crippen LogP contribution >= 0.6 is 11.8 Å². The van der Waals surface area contributed by atoms with E-state index in [2.05, 4.69) is 9.55 Å². The third kappa shape index (κ3) is 2.29. The van der Waals surface area contributed by atoms with Crippen LogP contribution in [-0.4, -0.2) is 38.6 Å². The lowest BCUT2D eigenvalue weighted by Gasteiger charge is -2.13. The summed E-state index contributed by atoms with van der Waals surface area (Å²) < 4.78 is 2.19. The molecule has 1 aromatic rings. The molecule has 1 saturated carbocycles. The summed E-state index contributed by atoms with van der Waals surface area (Å²) in [6, 6.07) is 0.616. The van der Waals surface area contributed by atoms with Crippen molar-refractivity contribution in [3.63, 3.8) is 0 Å². The molecule has 1 aliphatic carbocycles. The lowest BCUT2D eigenvalue weighted by Crippen LogP contribution is -2.31. The Labute approximate surface area is 110 Å². The van der Waals surface area contributed by atoms with Gasteiger partial charge in [0.15, 0.2) is 5.16 Å². The van der Waals surface area contributed by atoms with E-state index in [1.165, 1.54) is 17.7 Å². The molecule has 0 N–H and O–H groups in total. The Bertz CT molecular complexity index is 465. The van der Waals surface area contributed by atoms with Crippen LogP contribution in [-0.2, 0) is 9.59 Å². The van der Waals surface area contributed by atoms with Gasteiger partial charge in [0.25, 0.3) is 0 Å². The SMILES string of the molecule is O=C1CCC(=O)N1CCSc1nccn1C1CC1. The fraction of sp³-hybridized carbons (Fsp3) is 0.583. The zero-order valence-corrected chi connectivity index (χ0v) is 10.9. The number of likely N-dealkylation sites (tertiary alicyclic amines) is 1. The molecule has 1 aliphatic heterocycles. The second kappa shape index (κ2) is 4.76. The van der Waals surface area contributed by atoms with Crippen molar-refractivity contribution in [3.8, 4) is 0 Å². The van der Waals surface area contributed by atoms with Crippen LogP contribution in [0.2, 0.25) is 0 Å². The summed E-state index contributed by atoms with van der Waals surface area (Å²) in [6.07, 6.45) is 7.03. The molecule has 5 nitrogen and oxygen atoms in total. The third-order valence-electron chi connectivity index (χ3n) is 3.27. The Kier molecular flexibility index (Phi) is 3.11. The van der Waals surface area contributed by atoms with Crippen molar-refractivity contribution >= 4 is 23.6 Å². The maximum atomic E-state index is 11.4. The highest BCUT2D eigenvalue weighted by Crippen LogP contribution is 2.37. The van der Waals surface area contributed by atoms with Crippen molar-refractivity contribution in [1.82, 2.24) is 14.5 Å². The first kappa shape index (κ1) is 11.8. The molecule has 0 atom stereocenters. The summed E-state index contributed by atoms with van der Waals surface area (Å²) in [5.74, 6) is 0.651. The lowest BCUT2D eigenvalue weighted by molar-refractivity contribution is -0.137. The number of imide groups is 1. The van der Waals surface area contributed by atoms with Gasteiger partial charge in [0.2, 0.25) is 11.8 Å². The largest absolute Gasteiger partial charge is 0.323 e. The second-order valence-corrected chi connectivity index (χ2v) is 5.70. The average Bonchev–Trinajstić information content (AvgIpc) is 3.03. The van der Waals surface area contributed by atoms with Gasteiger partial charge in [0, 0.05) is 43.6 Å². The minimum Gasteiger partial charge on any atom is -0.323 e. The molecule has 0 spiro atoms. The number of nitrogens with zero attached hydrogens (tertiary/aromatic N) is 3. The van der Waals surface area contributed by atoms with E-state index in [-0.39, 0.29) is 11.8 Å². The maximum Gasteiger partial charge on any atom is 0.229 e. The molecule has 6 heteroatoms. The standard InChI is InChI=1S/C12H15N3O2S/c16-10-3-4-11(17)15(10)7-8-18-12-13-5-6-14(12)9-1-2-9/h5-6,9H,1-4,7-8H2. The van der Waals surface area contributed by atoms with Gasteiger partial charge in [-0.25, -0.2) is 4.98 Å². The highest BCUT2D eigenvalue weighted by Gasteiger charge is 2.29. The van der Waals surface area contributed by atoms with Gasteiger partial charge < -0.3 is 4.57 Å². The molecule has 96 valence electrons. The maximum absolute atomic E-state index is 11.4. The van der Waals surface area contributed by atoms with Crippen molar-refractivity contribution in [2.24, 2.45) is 0 Å². The van der Waals surface area contributed by atoms with Gasteiger partial charge >= 0.3 is 0 Å². The second-order valence-electron chi connectivity index (χ2n) is 4.64. The zero-order chi connectivity index (χ0) is 12.5. The molecular weight excluding hydrogens is 250 g/mol. The number of thioether (sulfide) groups is 1.